The minimum Gasteiger partial charge on any atom is -0.454 e. The van der Waals surface area contributed by atoms with Crippen molar-refractivity contribution in [3.8, 4) is 0 Å². The van der Waals surface area contributed by atoms with Gasteiger partial charge in [-0.3, -0.25) is 14.4 Å². The minimum absolute atomic E-state index is 0.0983. The molecule has 1 aromatic heterocycles. The Morgan fingerprint density at radius 2 is 1.90 bits per heavy atom. The molecule has 0 unspecified atom stereocenters. The number of ether oxygens (including phenoxy) is 1. The van der Waals surface area contributed by atoms with Gasteiger partial charge in [0.2, 0.25) is 5.91 Å². The molecule has 0 radical (unpaired) electrons. The van der Waals surface area contributed by atoms with Crippen LogP contribution in [0.2, 0.25) is 0 Å². The van der Waals surface area contributed by atoms with Crippen molar-refractivity contribution in [3.63, 3.8) is 0 Å². The highest BCUT2D eigenvalue weighted by Crippen LogP contribution is 2.27. The summed E-state index contributed by atoms with van der Waals surface area (Å²) < 4.78 is 5.53. The number of anilines is 1. The summed E-state index contributed by atoms with van der Waals surface area (Å²) in [4.78, 5) is 45.9. The largest absolute Gasteiger partial charge is 0.454 e. The van der Waals surface area contributed by atoms with E-state index < -0.39 is 18.0 Å². The summed E-state index contributed by atoms with van der Waals surface area (Å²) in [6.45, 7) is 3.90. The standard InChI is InChI=1S/C22H21N3O4/c1-13-7-9-16(10-8-13)25-12-15(11-19(25)26)22(28)29-14(2)20-23-18-6-4-3-5-17(18)21(27)24-20/h3-10,14-15H,11-12H2,1-2H3,(H,23,24,27)/t14-,15+/m0/s1. The Morgan fingerprint density at radius 1 is 1.17 bits per heavy atom. The first kappa shape index (κ1) is 18.9. The van der Waals surface area contributed by atoms with E-state index in [1.54, 1.807) is 36.1 Å². The molecule has 1 N–H and O–H groups in total. The maximum Gasteiger partial charge on any atom is 0.311 e. The molecule has 148 valence electrons. The van der Waals surface area contributed by atoms with Crippen LogP contribution in [-0.4, -0.2) is 28.4 Å². The number of H-pyrrole nitrogens is 1. The fraction of sp³-hybridized carbons (Fsp3) is 0.273. The summed E-state index contributed by atoms with van der Waals surface area (Å²) in [6, 6.07) is 14.6. The van der Waals surface area contributed by atoms with Gasteiger partial charge in [0, 0.05) is 18.7 Å². The van der Waals surface area contributed by atoms with Crippen molar-refractivity contribution in [2.45, 2.75) is 26.4 Å². The highest BCUT2D eigenvalue weighted by Gasteiger charge is 2.37. The van der Waals surface area contributed by atoms with E-state index in [-0.39, 0.29) is 30.3 Å². The summed E-state index contributed by atoms with van der Waals surface area (Å²) in [6.07, 6.45) is -0.635. The second-order valence-corrected chi connectivity index (χ2v) is 7.29. The van der Waals surface area contributed by atoms with Crippen LogP contribution in [0.15, 0.2) is 53.3 Å². The van der Waals surface area contributed by atoms with Crippen LogP contribution in [-0.2, 0) is 14.3 Å². The van der Waals surface area contributed by atoms with Gasteiger partial charge in [-0.05, 0) is 38.1 Å². The van der Waals surface area contributed by atoms with E-state index >= 15 is 0 Å². The van der Waals surface area contributed by atoms with Crippen LogP contribution in [0.1, 0.15) is 30.8 Å². The number of carbonyl (C=O) groups is 2. The van der Waals surface area contributed by atoms with Crippen molar-refractivity contribution < 1.29 is 14.3 Å². The first-order valence-electron chi connectivity index (χ1n) is 9.49. The number of para-hydroxylation sites is 1. The smallest absolute Gasteiger partial charge is 0.311 e. The highest BCUT2D eigenvalue weighted by molar-refractivity contribution is 5.99. The fourth-order valence-corrected chi connectivity index (χ4v) is 3.46. The highest BCUT2D eigenvalue weighted by atomic mass is 16.5. The quantitative estimate of drug-likeness (QED) is 0.691. The number of aromatic nitrogens is 2. The van der Waals surface area contributed by atoms with E-state index in [9.17, 15) is 14.4 Å². The van der Waals surface area contributed by atoms with Crippen molar-refractivity contribution in [1.82, 2.24) is 9.97 Å². The molecular weight excluding hydrogens is 370 g/mol. The predicted octanol–water partition coefficient (Wildman–Crippen LogP) is 2.89. The third-order valence-electron chi connectivity index (χ3n) is 5.11. The lowest BCUT2D eigenvalue weighted by Crippen LogP contribution is -2.27. The first-order chi connectivity index (χ1) is 13.9. The number of nitrogens with one attached hydrogen (secondary N) is 1. The summed E-state index contributed by atoms with van der Waals surface area (Å²) in [5.41, 5.74) is 2.12. The maximum atomic E-state index is 12.6. The molecule has 1 aliphatic heterocycles. The Kier molecular flexibility index (Phi) is 4.88. The van der Waals surface area contributed by atoms with Crippen molar-refractivity contribution in [1.29, 1.82) is 0 Å². The Bertz CT molecular complexity index is 1140. The number of esters is 1. The minimum atomic E-state index is -0.733. The van der Waals surface area contributed by atoms with E-state index in [1.165, 1.54) is 0 Å². The summed E-state index contributed by atoms with van der Waals surface area (Å²) >= 11 is 0. The molecule has 4 rings (SSSR count). The molecule has 0 spiro atoms. The molecule has 0 aliphatic carbocycles. The summed E-state index contributed by atoms with van der Waals surface area (Å²) in [5.74, 6) is -0.864. The van der Waals surface area contributed by atoms with Gasteiger partial charge in [0.25, 0.3) is 5.56 Å². The average molecular weight is 391 g/mol. The van der Waals surface area contributed by atoms with E-state index in [0.717, 1.165) is 11.3 Å². The summed E-state index contributed by atoms with van der Waals surface area (Å²) in [5, 5.41) is 0.477. The van der Waals surface area contributed by atoms with Crippen LogP contribution < -0.4 is 10.5 Å². The monoisotopic (exact) mass is 391 g/mol. The van der Waals surface area contributed by atoms with Crippen molar-refractivity contribution in [3.05, 3.63) is 70.3 Å². The molecule has 1 aliphatic rings. The average Bonchev–Trinajstić information content (AvgIpc) is 3.10. The van der Waals surface area contributed by atoms with Gasteiger partial charge in [0.05, 0.1) is 16.8 Å². The van der Waals surface area contributed by atoms with E-state index in [2.05, 4.69) is 9.97 Å². The second kappa shape index (κ2) is 7.50. The Hall–Kier alpha value is -3.48. The third-order valence-corrected chi connectivity index (χ3v) is 5.11. The molecule has 3 aromatic rings. The van der Waals surface area contributed by atoms with E-state index in [0.29, 0.717) is 10.9 Å². The zero-order valence-electron chi connectivity index (χ0n) is 16.2. The number of rotatable bonds is 4. The van der Waals surface area contributed by atoms with Gasteiger partial charge in [-0.1, -0.05) is 29.8 Å². The maximum absolute atomic E-state index is 12.6. The van der Waals surface area contributed by atoms with Crippen LogP contribution in [0, 0.1) is 12.8 Å². The topological polar surface area (TPSA) is 92.4 Å². The molecule has 29 heavy (non-hydrogen) atoms. The van der Waals surface area contributed by atoms with Crippen molar-refractivity contribution in [2.75, 3.05) is 11.4 Å². The number of aryl methyl sites for hydroxylation is 1. The van der Waals surface area contributed by atoms with Gasteiger partial charge in [0.15, 0.2) is 11.9 Å². The van der Waals surface area contributed by atoms with Crippen LogP contribution >= 0.6 is 0 Å². The molecule has 7 heteroatoms. The molecular formula is C22H21N3O4. The number of nitrogens with zero attached hydrogens (tertiary/aromatic N) is 2. The molecule has 1 amide bonds. The summed E-state index contributed by atoms with van der Waals surface area (Å²) in [7, 11) is 0. The zero-order valence-corrected chi connectivity index (χ0v) is 16.2. The third kappa shape index (κ3) is 3.76. The lowest BCUT2D eigenvalue weighted by Gasteiger charge is -2.18. The molecule has 7 nitrogen and oxygen atoms in total. The number of aromatic amines is 1. The number of benzene rings is 2. The molecule has 0 saturated carbocycles. The number of fused-ring (bicyclic) bond motifs is 1. The molecule has 1 saturated heterocycles. The number of carbonyl (C=O) groups excluding carboxylic acids is 2. The normalized spacial score (nSPS) is 17.5. The van der Waals surface area contributed by atoms with Gasteiger partial charge in [-0.2, -0.15) is 0 Å². The molecule has 2 atom stereocenters. The SMILES string of the molecule is Cc1ccc(N2C[C@H](C(=O)O[C@@H](C)c3nc4ccccc4c(=O)[nH]3)CC2=O)cc1. The number of hydrogen-bond donors (Lipinski definition) is 1. The van der Waals surface area contributed by atoms with E-state index in [1.807, 2.05) is 31.2 Å². The van der Waals surface area contributed by atoms with Crippen LogP contribution in [0.4, 0.5) is 5.69 Å². The Balaban J connectivity index is 1.47. The zero-order chi connectivity index (χ0) is 20.5. The first-order valence-corrected chi connectivity index (χ1v) is 9.49. The molecule has 2 aromatic carbocycles. The molecule has 1 fully saturated rings. The molecule has 0 bridgehead atoms. The van der Waals surface area contributed by atoms with Gasteiger partial charge in [0.1, 0.15) is 0 Å². The second-order valence-electron chi connectivity index (χ2n) is 7.29. The lowest BCUT2D eigenvalue weighted by atomic mass is 10.1. The van der Waals surface area contributed by atoms with Gasteiger partial charge < -0.3 is 14.6 Å². The van der Waals surface area contributed by atoms with Crippen LogP contribution in [0.5, 0.6) is 0 Å². The number of hydrogen-bond acceptors (Lipinski definition) is 5. The van der Waals surface area contributed by atoms with Crippen LogP contribution in [0.3, 0.4) is 0 Å². The Morgan fingerprint density at radius 3 is 2.66 bits per heavy atom. The van der Waals surface area contributed by atoms with Crippen molar-refractivity contribution >= 4 is 28.5 Å². The van der Waals surface area contributed by atoms with E-state index in [4.69, 9.17) is 4.74 Å². The van der Waals surface area contributed by atoms with Gasteiger partial charge in [-0.25, -0.2) is 4.98 Å². The molecule has 2 heterocycles. The van der Waals surface area contributed by atoms with Crippen molar-refractivity contribution in [2.24, 2.45) is 5.92 Å². The lowest BCUT2D eigenvalue weighted by molar-refractivity contribution is -0.153. The van der Waals surface area contributed by atoms with Gasteiger partial charge in [-0.15, -0.1) is 0 Å². The predicted molar refractivity (Wildman–Crippen MR) is 109 cm³/mol. The fourth-order valence-electron chi connectivity index (χ4n) is 3.46. The van der Waals surface area contributed by atoms with Gasteiger partial charge >= 0.3 is 5.97 Å². The number of amides is 1. The van der Waals surface area contributed by atoms with Crippen LogP contribution in [0.25, 0.3) is 10.9 Å². The Labute approximate surface area is 167 Å².